The van der Waals surface area contributed by atoms with Gasteiger partial charge in [0.2, 0.25) is 0 Å². The lowest BCUT2D eigenvalue weighted by Gasteiger charge is -2.14. The molecule has 1 heterocycles. The van der Waals surface area contributed by atoms with E-state index in [9.17, 15) is 4.39 Å². The molecule has 0 bridgehead atoms. The molecule has 1 saturated carbocycles. The molecule has 74 valence electrons. The normalized spacial score (nSPS) is 21.6. The highest BCUT2D eigenvalue weighted by atomic mass is 19.1. The third-order valence-electron chi connectivity index (χ3n) is 3.12. The Labute approximate surface area is 81.9 Å². The predicted molar refractivity (Wildman–Crippen MR) is 50.7 cm³/mol. The maximum absolute atomic E-state index is 13.6. The van der Waals surface area contributed by atoms with Gasteiger partial charge in [-0.15, -0.1) is 0 Å². The molecule has 0 atom stereocenters. The fourth-order valence-corrected chi connectivity index (χ4v) is 2.17. The van der Waals surface area contributed by atoms with Crippen molar-refractivity contribution < 1.29 is 9.13 Å². The topological polar surface area (TPSA) is 35.2 Å². The highest BCUT2D eigenvalue weighted by Crippen LogP contribution is 2.48. The molecular formula is C11H12FNO. The van der Waals surface area contributed by atoms with Crippen molar-refractivity contribution in [3.05, 3.63) is 29.1 Å². The van der Waals surface area contributed by atoms with Gasteiger partial charge in [0.05, 0.1) is 6.61 Å². The van der Waals surface area contributed by atoms with Gasteiger partial charge in [-0.05, 0) is 25.0 Å². The number of ether oxygens (including phenoxy) is 1. The van der Waals surface area contributed by atoms with Crippen LogP contribution in [0.15, 0.2) is 12.1 Å². The fraction of sp³-hybridized carbons (Fsp3) is 0.455. The molecule has 1 aliphatic heterocycles. The average Bonchev–Trinajstić information content (AvgIpc) is 2.74. The van der Waals surface area contributed by atoms with Crippen LogP contribution < -0.4 is 10.5 Å². The van der Waals surface area contributed by atoms with E-state index < -0.39 is 5.54 Å². The van der Waals surface area contributed by atoms with Gasteiger partial charge in [-0.25, -0.2) is 4.39 Å². The predicted octanol–water partition coefficient (Wildman–Crippen LogP) is 1.71. The van der Waals surface area contributed by atoms with Crippen LogP contribution >= 0.6 is 0 Å². The minimum atomic E-state index is -0.400. The standard InChI is InChI=1S/C11H12FNO/c12-8-1-2-9-7(3-6-14-9)10(8)11(13)4-5-11/h1-2H,3-6,13H2. The van der Waals surface area contributed by atoms with Crippen LogP contribution in [0.3, 0.4) is 0 Å². The molecule has 3 rings (SSSR count). The Balaban J connectivity index is 2.21. The van der Waals surface area contributed by atoms with E-state index in [2.05, 4.69) is 0 Å². The Morgan fingerprint density at radius 2 is 2.14 bits per heavy atom. The van der Waals surface area contributed by atoms with E-state index in [4.69, 9.17) is 10.5 Å². The molecule has 2 nitrogen and oxygen atoms in total. The van der Waals surface area contributed by atoms with Crippen LogP contribution in [0.5, 0.6) is 5.75 Å². The number of halogens is 1. The van der Waals surface area contributed by atoms with Crippen molar-refractivity contribution in [2.75, 3.05) is 6.61 Å². The molecule has 0 amide bonds. The first-order valence-corrected chi connectivity index (χ1v) is 4.94. The lowest BCUT2D eigenvalue weighted by atomic mass is 9.96. The second kappa shape index (κ2) is 2.48. The number of nitrogens with two attached hydrogens (primary N) is 1. The van der Waals surface area contributed by atoms with Crippen LogP contribution in [0.1, 0.15) is 24.0 Å². The minimum absolute atomic E-state index is 0.172. The molecule has 14 heavy (non-hydrogen) atoms. The van der Waals surface area contributed by atoms with Crippen LogP contribution in [-0.2, 0) is 12.0 Å². The Bertz CT molecular complexity index is 399. The minimum Gasteiger partial charge on any atom is -0.493 e. The summed E-state index contributed by atoms with van der Waals surface area (Å²) >= 11 is 0. The SMILES string of the molecule is NC1(c2c(F)ccc3c2CCO3)CC1. The van der Waals surface area contributed by atoms with Crippen molar-refractivity contribution >= 4 is 0 Å². The fourth-order valence-electron chi connectivity index (χ4n) is 2.17. The quantitative estimate of drug-likeness (QED) is 0.736. The molecule has 2 N–H and O–H groups in total. The summed E-state index contributed by atoms with van der Waals surface area (Å²) in [5.41, 5.74) is 7.34. The van der Waals surface area contributed by atoms with Crippen LogP contribution in [0, 0.1) is 5.82 Å². The number of benzene rings is 1. The van der Waals surface area contributed by atoms with Crippen molar-refractivity contribution in [1.82, 2.24) is 0 Å². The van der Waals surface area contributed by atoms with Crippen molar-refractivity contribution in [3.8, 4) is 5.75 Å². The lowest BCUT2D eigenvalue weighted by molar-refractivity contribution is 0.356. The molecule has 0 saturated heterocycles. The number of rotatable bonds is 1. The van der Waals surface area contributed by atoms with E-state index in [0.717, 1.165) is 30.6 Å². The maximum Gasteiger partial charge on any atom is 0.128 e. The van der Waals surface area contributed by atoms with Gasteiger partial charge in [-0.2, -0.15) is 0 Å². The zero-order valence-corrected chi connectivity index (χ0v) is 7.85. The van der Waals surface area contributed by atoms with Gasteiger partial charge in [0.1, 0.15) is 11.6 Å². The Morgan fingerprint density at radius 3 is 2.86 bits per heavy atom. The Hall–Kier alpha value is -1.09. The van der Waals surface area contributed by atoms with Crippen molar-refractivity contribution in [3.63, 3.8) is 0 Å². The van der Waals surface area contributed by atoms with Gasteiger partial charge < -0.3 is 10.5 Å². The molecule has 1 aliphatic carbocycles. The molecule has 0 unspecified atom stereocenters. The highest BCUT2D eigenvalue weighted by molar-refractivity contribution is 5.48. The molecule has 0 aromatic heterocycles. The monoisotopic (exact) mass is 193 g/mol. The van der Waals surface area contributed by atoms with Crippen LogP contribution in [0.4, 0.5) is 4.39 Å². The Morgan fingerprint density at radius 1 is 1.36 bits per heavy atom. The number of fused-ring (bicyclic) bond motifs is 1. The molecular weight excluding hydrogens is 181 g/mol. The molecule has 1 aromatic rings. The summed E-state index contributed by atoms with van der Waals surface area (Å²) in [6.07, 6.45) is 2.57. The molecule has 0 radical (unpaired) electrons. The van der Waals surface area contributed by atoms with Gasteiger partial charge in [-0.1, -0.05) is 0 Å². The van der Waals surface area contributed by atoms with Crippen LogP contribution in [0.2, 0.25) is 0 Å². The summed E-state index contributed by atoms with van der Waals surface area (Å²) in [5, 5.41) is 0. The summed E-state index contributed by atoms with van der Waals surface area (Å²) < 4.78 is 19.0. The molecule has 1 fully saturated rings. The second-order valence-corrected chi connectivity index (χ2v) is 4.15. The average molecular weight is 193 g/mol. The highest BCUT2D eigenvalue weighted by Gasteiger charge is 2.44. The summed E-state index contributed by atoms with van der Waals surface area (Å²) in [6, 6.07) is 3.17. The van der Waals surface area contributed by atoms with Gasteiger partial charge in [0.15, 0.2) is 0 Å². The van der Waals surface area contributed by atoms with Crippen LogP contribution in [-0.4, -0.2) is 6.61 Å². The summed E-state index contributed by atoms with van der Waals surface area (Å²) in [4.78, 5) is 0. The van der Waals surface area contributed by atoms with E-state index in [1.807, 2.05) is 0 Å². The van der Waals surface area contributed by atoms with Gasteiger partial charge in [0.25, 0.3) is 0 Å². The van der Waals surface area contributed by atoms with Gasteiger partial charge in [0, 0.05) is 23.1 Å². The largest absolute Gasteiger partial charge is 0.493 e. The third kappa shape index (κ3) is 0.989. The number of hydrogen-bond donors (Lipinski definition) is 1. The zero-order valence-electron chi connectivity index (χ0n) is 7.85. The van der Waals surface area contributed by atoms with Gasteiger partial charge >= 0.3 is 0 Å². The first-order chi connectivity index (χ1) is 6.71. The van der Waals surface area contributed by atoms with Crippen molar-refractivity contribution in [2.45, 2.75) is 24.8 Å². The van der Waals surface area contributed by atoms with E-state index in [0.29, 0.717) is 12.2 Å². The summed E-state index contributed by atoms with van der Waals surface area (Å²) in [7, 11) is 0. The summed E-state index contributed by atoms with van der Waals surface area (Å²) in [6.45, 7) is 0.655. The Kier molecular flexibility index (Phi) is 1.46. The van der Waals surface area contributed by atoms with E-state index >= 15 is 0 Å². The molecule has 3 heteroatoms. The lowest BCUT2D eigenvalue weighted by Crippen LogP contribution is -2.22. The van der Waals surface area contributed by atoms with Crippen molar-refractivity contribution in [1.29, 1.82) is 0 Å². The second-order valence-electron chi connectivity index (χ2n) is 4.15. The van der Waals surface area contributed by atoms with E-state index in [1.165, 1.54) is 6.07 Å². The number of hydrogen-bond acceptors (Lipinski definition) is 2. The van der Waals surface area contributed by atoms with Crippen molar-refractivity contribution in [2.24, 2.45) is 5.73 Å². The first-order valence-electron chi connectivity index (χ1n) is 4.94. The smallest absolute Gasteiger partial charge is 0.128 e. The summed E-state index contributed by atoms with van der Waals surface area (Å²) in [5.74, 6) is 0.646. The van der Waals surface area contributed by atoms with E-state index in [-0.39, 0.29) is 5.82 Å². The molecule has 2 aliphatic rings. The maximum atomic E-state index is 13.6. The molecule has 1 aromatic carbocycles. The first kappa shape index (κ1) is 8.24. The van der Waals surface area contributed by atoms with Gasteiger partial charge in [-0.3, -0.25) is 0 Å². The van der Waals surface area contributed by atoms with E-state index in [1.54, 1.807) is 6.07 Å². The zero-order chi connectivity index (χ0) is 9.76. The third-order valence-corrected chi connectivity index (χ3v) is 3.12. The molecule has 0 spiro atoms. The van der Waals surface area contributed by atoms with Crippen LogP contribution in [0.25, 0.3) is 0 Å².